The van der Waals surface area contributed by atoms with Crippen LogP contribution in [0.2, 0.25) is 0 Å². The van der Waals surface area contributed by atoms with E-state index >= 15 is 0 Å². The van der Waals surface area contributed by atoms with E-state index in [0.29, 0.717) is 0 Å². The lowest BCUT2D eigenvalue weighted by atomic mass is 10.1. The second kappa shape index (κ2) is 5.05. The molecular weight excluding hydrogens is 199 g/mol. The smallest absolute Gasteiger partial charge is 0.380 e. The van der Waals surface area contributed by atoms with Gasteiger partial charge in [-0.05, 0) is 12.1 Å². The highest BCUT2D eigenvalue weighted by atomic mass is 19.1. The SMILES string of the molecule is C=CCOC(=O)C(=O)c1ccccc1F. The van der Waals surface area contributed by atoms with E-state index in [1.807, 2.05) is 0 Å². The first-order valence-corrected chi connectivity index (χ1v) is 4.23. The third-order valence-electron chi connectivity index (χ3n) is 1.64. The van der Waals surface area contributed by atoms with Gasteiger partial charge >= 0.3 is 5.97 Å². The minimum atomic E-state index is -1.08. The molecule has 78 valence electrons. The van der Waals surface area contributed by atoms with Crippen molar-refractivity contribution in [2.75, 3.05) is 6.61 Å². The maximum atomic E-state index is 13.1. The predicted octanol–water partition coefficient (Wildman–Crippen LogP) is 1.74. The molecular formula is C11H9FO3. The monoisotopic (exact) mass is 208 g/mol. The molecule has 0 saturated heterocycles. The van der Waals surface area contributed by atoms with Gasteiger partial charge in [0.05, 0.1) is 5.56 Å². The molecule has 0 unspecified atom stereocenters. The summed E-state index contributed by atoms with van der Waals surface area (Å²) in [5.74, 6) is -2.81. The van der Waals surface area contributed by atoms with Crippen LogP contribution in [0.4, 0.5) is 4.39 Å². The van der Waals surface area contributed by atoms with E-state index in [-0.39, 0.29) is 12.2 Å². The number of carbonyl (C=O) groups is 2. The second-order valence-corrected chi connectivity index (χ2v) is 2.70. The Morgan fingerprint density at radius 1 is 1.40 bits per heavy atom. The Morgan fingerprint density at radius 2 is 2.07 bits per heavy atom. The summed E-state index contributed by atoms with van der Waals surface area (Å²) < 4.78 is 17.6. The average Bonchev–Trinajstić information content (AvgIpc) is 2.25. The minimum absolute atomic E-state index is 0.0704. The molecule has 1 aromatic rings. The van der Waals surface area contributed by atoms with Gasteiger partial charge in [-0.25, -0.2) is 9.18 Å². The Labute approximate surface area is 86.2 Å². The fourth-order valence-electron chi connectivity index (χ4n) is 0.955. The van der Waals surface area contributed by atoms with Crippen LogP contribution in [0.25, 0.3) is 0 Å². The number of esters is 1. The fraction of sp³-hybridized carbons (Fsp3) is 0.0909. The molecule has 0 aromatic heterocycles. The lowest BCUT2D eigenvalue weighted by Gasteiger charge is -2.01. The van der Waals surface area contributed by atoms with Gasteiger partial charge in [0.1, 0.15) is 12.4 Å². The molecule has 4 heteroatoms. The lowest BCUT2D eigenvalue weighted by Crippen LogP contribution is -2.18. The van der Waals surface area contributed by atoms with Gasteiger partial charge in [-0.2, -0.15) is 0 Å². The van der Waals surface area contributed by atoms with Gasteiger partial charge in [-0.3, -0.25) is 4.79 Å². The van der Waals surface area contributed by atoms with Crippen LogP contribution in [0, 0.1) is 5.82 Å². The number of carbonyl (C=O) groups excluding carboxylic acids is 2. The summed E-state index contributed by atoms with van der Waals surface area (Å²) in [4.78, 5) is 22.4. The van der Waals surface area contributed by atoms with Crippen LogP contribution < -0.4 is 0 Å². The largest absolute Gasteiger partial charge is 0.455 e. The first-order valence-electron chi connectivity index (χ1n) is 4.23. The average molecular weight is 208 g/mol. The number of benzene rings is 1. The molecule has 0 atom stereocenters. The van der Waals surface area contributed by atoms with Gasteiger partial charge in [0.15, 0.2) is 0 Å². The third-order valence-corrected chi connectivity index (χ3v) is 1.64. The molecule has 0 N–H and O–H groups in total. The quantitative estimate of drug-likeness (QED) is 0.327. The van der Waals surface area contributed by atoms with E-state index in [1.165, 1.54) is 24.3 Å². The van der Waals surface area contributed by atoms with Gasteiger partial charge in [0, 0.05) is 0 Å². The molecule has 0 spiro atoms. The van der Waals surface area contributed by atoms with Crippen LogP contribution in [-0.2, 0) is 9.53 Å². The molecule has 3 nitrogen and oxygen atoms in total. The van der Waals surface area contributed by atoms with Crippen LogP contribution in [0.3, 0.4) is 0 Å². The maximum Gasteiger partial charge on any atom is 0.380 e. The minimum Gasteiger partial charge on any atom is -0.455 e. The van der Waals surface area contributed by atoms with E-state index in [0.717, 1.165) is 6.07 Å². The molecule has 1 aromatic carbocycles. The standard InChI is InChI=1S/C11H9FO3/c1-2-7-15-11(14)10(13)8-5-3-4-6-9(8)12/h2-6H,1,7H2. The van der Waals surface area contributed by atoms with E-state index in [9.17, 15) is 14.0 Å². The number of ketones is 1. The van der Waals surface area contributed by atoms with Gasteiger partial charge in [-0.1, -0.05) is 24.8 Å². The van der Waals surface area contributed by atoms with Crippen LogP contribution in [-0.4, -0.2) is 18.4 Å². The van der Waals surface area contributed by atoms with E-state index in [2.05, 4.69) is 11.3 Å². The molecule has 0 aliphatic rings. The predicted molar refractivity (Wildman–Crippen MR) is 51.9 cm³/mol. The number of ether oxygens (including phenoxy) is 1. The molecule has 0 saturated carbocycles. The van der Waals surface area contributed by atoms with Crippen molar-refractivity contribution in [2.24, 2.45) is 0 Å². The highest BCUT2D eigenvalue weighted by molar-refractivity contribution is 6.40. The third kappa shape index (κ3) is 2.74. The van der Waals surface area contributed by atoms with E-state index in [1.54, 1.807) is 0 Å². The second-order valence-electron chi connectivity index (χ2n) is 2.70. The van der Waals surface area contributed by atoms with Gasteiger partial charge < -0.3 is 4.74 Å². The number of halogens is 1. The molecule has 0 amide bonds. The Balaban J connectivity index is 2.81. The zero-order valence-electron chi connectivity index (χ0n) is 7.90. The number of hydrogen-bond acceptors (Lipinski definition) is 3. The first-order chi connectivity index (χ1) is 7.16. The Morgan fingerprint density at radius 3 is 2.67 bits per heavy atom. The lowest BCUT2D eigenvalue weighted by molar-refractivity contribution is -0.136. The molecule has 0 fully saturated rings. The summed E-state index contributed by atoms with van der Waals surface area (Å²) >= 11 is 0. The van der Waals surface area contributed by atoms with Crippen LogP contribution >= 0.6 is 0 Å². The molecule has 0 heterocycles. The van der Waals surface area contributed by atoms with Crippen molar-refractivity contribution in [2.45, 2.75) is 0 Å². The van der Waals surface area contributed by atoms with Crippen molar-refractivity contribution in [3.8, 4) is 0 Å². The van der Waals surface area contributed by atoms with Crippen molar-refractivity contribution in [3.63, 3.8) is 0 Å². The van der Waals surface area contributed by atoms with Gasteiger partial charge in [-0.15, -0.1) is 0 Å². The summed E-state index contributed by atoms with van der Waals surface area (Å²) in [6.07, 6.45) is 1.33. The van der Waals surface area contributed by atoms with E-state index in [4.69, 9.17) is 0 Å². The van der Waals surface area contributed by atoms with Crippen LogP contribution in [0.15, 0.2) is 36.9 Å². The molecule has 0 radical (unpaired) electrons. The maximum absolute atomic E-state index is 13.1. The highest BCUT2D eigenvalue weighted by Gasteiger charge is 2.20. The summed E-state index contributed by atoms with van der Waals surface area (Å²) in [5.41, 5.74) is -0.286. The molecule has 15 heavy (non-hydrogen) atoms. The zero-order valence-corrected chi connectivity index (χ0v) is 7.90. The van der Waals surface area contributed by atoms with Crippen molar-refractivity contribution in [1.82, 2.24) is 0 Å². The molecule has 0 aliphatic heterocycles. The van der Waals surface area contributed by atoms with Crippen molar-refractivity contribution in [3.05, 3.63) is 48.3 Å². The van der Waals surface area contributed by atoms with Crippen molar-refractivity contribution < 1.29 is 18.7 Å². The highest BCUT2D eigenvalue weighted by Crippen LogP contribution is 2.07. The van der Waals surface area contributed by atoms with Crippen LogP contribution in [0.1, 0.15) is 10.4 Å². The molecule has 1 rings (SSSR count). The van der Waals surface area contributed by atoms with Gasteiger partial charge in [0.25, 0.3) is 5.78 Å². The summed E-state index contributed by atoms with van der Waals surface area (Å²) in [6.45, 7) is 3.25. The molecule has 0 bridgehead atoms. The number of rotatable bonds is 4. The summed E-state index contributed by atoms with van der Waals surface area (Å²) in [5, 5.41) is 0. The summed E-state index contributed by atoms with van der Waals surface area (Å²) in [6, 6.07) is 5.24. The Hall–Kier alpha value is -1.97. The van der Waals surface area contributed by atoms with Crippen LogP contribution in [0.5, 0.6) is 0 Å². The topological polar surface area (TPSA) is 43.4 Å². The number of Topliss-reactive ketones (excluding diaryl/α,β-unsaturated/α-hetero) is 1. The van der Waals surface area contributed by atoms with E-state index < -0.39 is 17.6 Å². The Bertz CT molecular complexity index is 399. The summed E-state index contributed by atoms with van der Waals surface area (Å²) in [7, 11) is 0. The first kappa shape index (κ1) is 11.1. The number of hydrogen-bond donors (Lipinski definition) is 0. The van der Waals surface area contributed by atoms with Gasteiger partial charge in [0.2, 0.25) is 0 Å². The Kier molecular flexibility index (Phi) is 3.74. The fourth-order valence-corrected chi connectivity index (χ4v) is 0.955. The normalized spacial score (nSPS) is 9.40. The van der Waals surface area contributed by atoms with Crippen molar-refractivity contribution >= 4 is 11.8 Å². The molecule has 0 aliphatic carbocycles. The van der Waals surface area contributed by atoms with Crippen molar-refractivity contribution in [1.29, 1.82) is 0 Å². The zero-order chi connectivity index (χ0) is 11.3.